The second-order valence-electron chi connectivity index (χ2n) is 7.93. The summed E-state index contributed by atoms with van der Waals surface area (Å²) >= 11 is 0. The van der Waals surface area contributed by atoms with E-state index in [2.05, 4.69) is 53.1 Å². The second-order valence-corrected chi connectivity index (χ2v) is 7.93. The highest BCUT2D eigenvalue weighted by molar-refractivity contribution is 6.05. The number of ketones is 1. The molecule has 0 heterocycles. The van der Waals surface area contributed by atoms with Gasteiger partial charge in [0.25, 0.3) is 0 Å². The first-order valence-electron chi connectivity index (χ1n) is 10.8. The third-order valence-corrected chi connectivity index (χ3v) is 6.02. The highest BCUT2D eigenvalue weighted by Crippen LogP contribution is 2.42. The molecule has 3 aromatic carbocycles. The topological polar surface area (TPSA) is 20.3 Å². The molecule has 1 aliphatic carbocycles. The largest absolute Gasteiger partial charge is 0.317 e. The molecule has 0 radical (unpaired) electrons. The van der Waals surface area contributed by atoms with Gasteiger partial charge in [0, 0.05) is 29.6 Å². The quantitative estimate of drug-likeness (QED) is 0.343. The van der Waals surface area contributed by atoms with Crippen LogP contribution in [0.25, 0.3) is 0 Å². The number of hydrogen-bond donors (Lipinski definition) is 0. The smallest absolute Gasteiger partial charge is 0.171 e. The summed E-state index contributed by atoms with van der Waals surface area (Å²) < 4.78 is 0. The number of rotatable bonds is 5. The van der Waals surface area contributed by atoms with E-state index in [1.165, 1.54) is 0 Å². The van der Waals surface area contributed by atoms with Crippen LogP contribution in [-0.2, 0) is 10.2 Å². The van der Waals surface area contributed by atoms with Gasteiger partial charge >= 0.3 is 0 Å². The summed E-state index contributed by atoms with van der Waals surface area (Å²) in [4.78, 5) is 16.1. The van der Waals surface area contributed by atoms with Gasteiger partial charge in [-0.3, -0.25) is 4.79 Å². The Morgan fingerprint density at radius 2 is 1.42 bits per heavy atom. The molecule has 0 N–H and O–H groups in total. The van der Waals surface area contributed by atoms with Crippen LogP contribution in [0, 0.1) is 11.8 Å². The van der Waals surface area contributed by atoms with Crippen molar-refractivity contribution < 1.29 is 4.79 Å². The van der Waals surface area contributed by atoms with Crippen molar-refractivity contribution >= 4 is 17.2 Å². The SMILES string of the molecule is CC#CC[C@]1(c2ccccc2)CCC/C(=C\N(c2ccccc2)c2ccccc2)C1=O. The van der Waals surface area contributed by atoms with E-state index in [1.54, 1.807) is 0 Å². The first kappa shape index (κ1) is 20.7. The van der Waals surface area contributed by atoms with E-state index in [1.807, 2.05) is 67.7 Å². The average Bonchev–Trinajstić information content (AvgIpc) is 2.84. The fraction of sp³-hybridized carbons (Fsp3) is 0.207. The summed E-state index contributed by atoms with van der Waals surface area (Å²) in [5, 5.41) is 0. The van der Waals surface area contributed by atoms with Gasteiger partial charge < -0.3 is 4.90 Å². The average molecular weight is 406 g/mol. The van der Waals surface area contributed by atoms with Gasteiger partial charge in [0.05, 0.1) is 5.41 Å². The Hall–Kier alpha value is -3.57. The number of hydrogen-bond acceptors (Lipinski definition) is 2. The van der Waals surface area contributed by atoms with Crippen molar-refractivity contribution in [2.45, 2.75) is 38.0 Å². The number of allylic oxidation sites excluding steroid dienone is 1. The molecule has 1 fully saturated rings. The van der Waals surface area contributed by atoms with Gasteiger partial charge in [0.2, 0.25) is 0 Å². The van der Waals surface area contributed by atoms with E-state index >= 15 is 0 Å². The molecule has 3 aromatic rings. The number of benzene rings is 3. The van der Waals surface area contributed by atoms with Crippen LogP contribution >= 0.6 is 0 Å². The molecule has 0 saturated heterocycles. The van der Waals surface area contributed by atoms with Crippen LogP contribution in [0.2, 0.25) is 0 Å². The molecule has 154 valence electrons. The van der Waals surface area contributed by atoms with Crippen molar-refractivity contribution in [1.29, 1.82) is 0 Å². The highest BCUT2D eigenvalue weighted by atomic mass is 16.1. The third kappa shape index (κ3) is 4.32. The Morgan fingerprint density at radius 3 is 1.97 bits per heavy atom. The van der Waals surface area contributed by atoms with Gasteiger partial charge in [-0.05, 0) is 56.0 Å². The molecule has 2 heteroatoms. The van der Waals surface area contributed by atoms with E-state index in [0.717, 1.165) is 41.8 Å². The second kappa shape index (κ2) is 9.49. The van der Waals surface area contributed by atoms with Gasteiger partial charge in [-0.2, -0.15) is 0 Å². The Morgan fingerprint density at radius 1 is 0.871 bits per heavy atom. The standard InChI is InChI=1S/C29H27NO/c1-2-3-21-29(25-15-7-4-8-16-25)22-13-14-24(28(29)31)23-30(26-17-9-5-10-18-26)27-19-11-6-12-20-27/h4-12,15-20,23H,13-14,21-22H2,1H3/b24-23+/t29-/m1/s1. The van der Waals surface area contributed by atoms with Crippen molar-refractivity contribution in [2.24, 2.45) is 0 Å². The van der Waals surface area contributed by atoms with Crippen LogP contribution in [0.5, 0.6) is 0 Å². The number of carbonyl (C=O) groups is 1. The first-order valence-corrected chi connectivity index (χ1v) is 10.8. The van der Waals surface area contributed by atoms with Gasteiger partial charge in [-0.1, -0.05) is 66.7 Å². The van der Waals surface area contributed by atoms with Crippen molar-refractivity contribution in [3.63, 3.8) is 0 Å². The summed E-state index contributed by atoms with van der Waals surface area (Å²) in [6.45, 7) is 1.84. The monoisotopic (exact) mass is 405 g/mol. The zero-order valence-electron chi connectivity index (χ0n) is 17.9. The van der Waals surface area contributed by atoms with Crippen molar-refractivity contribution in [2.75, 3.05) is 4.90 Å². The maximum Gasteiger partial charge on any atom is 0.171 e. The summed E-state index contributed by atoms with van der Waals surface area (Å²) in [7, 11) is 0. The zero-order valence-corrected chi connectivity index (χ0v) is 17.9. The summed E-state index contributed by atoms with van der Waals surface area (Å²) in [5.41, 5.74) is 3.43. The molecular weight excluding hydrogens is 378 g/mol. The van der Waals surface area contributed by atoms with E-state index in [9.17, 15) is 4.79 Å². The predicted molar refractivity (Wildman–Crippen MR) is 128 cm³/mol. The predicted octanol–water partition coefficient (Wildman–Crippen LogP) is 6.81. The maximum absolute atomic E-state index is 14.0. The lowest BCUT2D eigenvalue weighted by atomic mass is 9.65. The van der Waals surface area contributed by atoms with E-state index < -0.39 is 5.41 Å². The molecule has 1 aliphatic rings. The van der Waals surface area contributed by atoms with E-state index in [4.69, 9.17) is 0 Å². The van der Waals surface area contributed by atoms with Gasteiger partial charge in [0.15, 0.2) is 5.78 Å². The molecule has 0 aliphatic heterocycles. The summed E-state index contributed by atoms with van der Waals surface area (Å²) in [5.74, 6) is 6.42. The lowest BCUT2D eigenvalue weighted by molar-refractivity contribution is -0.122. The summed E-state index contributed by atoms with van der Waals surface area (Å²) in [6, 6.07) is 30.6. The lowest BCUT2D eigenvalue weighted by Crippen LogP contribution is -2.40. The number of Topliss-reactive ketones (excluding diaryl/α,β-unsaturated/α-hetero) is 1. The zero-order chi connectivity index (χ0) is 21.5. The molecule has 0 amide bonds. The van der Waals surface area contributed by atoms with E-state index in [-0.39, 0.29) is 5.78 Å². The van der Waals surface area contributed by atoms with Crippen molar-refractivity contribution in [3.05, 3.63) is 108 Å². The minimum absolute atomic E-state index is 0.199. The fourth-order valence-electron chi connectivity index (χ4n) is 4.41. The molecule has 0 unspecified atom stereocenters. The minimum atomic E-state index is -0.576. The lowest BCUT2D eigenvalue weighted by Gasteiger charge is -2.37. The van der Waals surface area contributed by atoms with Gasteiger partial charge in [-0.15, -0.1) is 11.8 Å². The molecule has 1 atom stereocenters. The molecule has 1 saturated carbocycles. The number of nitrogens with zero attached hydrogens (tertiary/aromatic N) is 1. The van der Waals surface area contributed by atoms with Crippen LogP contribution in [0.15, 0.2) is 103 Å². The normalized spacial score (nSPS) is 19.5. The van der Waals surface area contributed by atoms with Crippen LogP contribution in [0.4, 0.5) is 11.4 Å². The van der Waals surface area contributed by atoms with Crippen LogP contribution in [0.1, 0.15) is 38.2 Å². The Kier molecular flexibility index (Phi) is 6.34. The molecule has 0 aromatic heterocycles. The number of anilines is 2. The van der Waals surface area contributed by atoms with Gasteiger partial charge in [-0.25, -0.2) is 0 Å². The van der Waals surface area contributed by atoms with E-state index in [0.29, 0.717) is 6.42 Å². The molecule has 0 bridgehead atoms. The van der Waals surface area contributed by atoms with Crippen molar-refractivity contribution in [3.8, 4) is 11.8 Å². The Balaban J connectivity index is 1.80. The molecule has 4 rings (SSSR count). The Labute approximate surface area is 185 Å². The summed E-state index contributed by atoms with van der Waals surface area (Å²) in [6.07, 6.45) is 5.18. The highest BCUT2D eigenvalue weighted by Gasteiger charge is 2.43. The first-order chi connectivity index (χ1) is 15.2. The molecular formula is C29H27NO. The molecule has 0 spiro atoms. The van der Waals surface area contributed by atoms with Gasteiger partial charge in [0.1, 0.15) is 0 Å². The third-order valence-electron chi connectivity index (χ3n) is 6.02. The van der Waals surface area contributed by atoms with Crippen LogP contribution in [0.3, 0.4) is 0 Å². The molecule has 2 nitrogen and oxygen atoms in total. The number of carbonyl (C=O) groups excluding carboxylic acids is 1. The maximum atomic E-state index is 14.0. The van der Waals surface area contributed by atoms with Crippen LogP contribution in [-0.4, -0.2) is 5.78 Å². The minimum Gasteiger partial charge on any atom is -0.317 e. The van der Waals surface area contributed by atoms with Crippen molar-refractivity contribution in [1.82, 2.24) is 0 Å². The number of para-hydroxylation sites is 2. The molecule has 31 heavy (non-hydrogen) atoms. The fourth-order valence-corrected chi connectivity index (χ4v) is 4.41. The van der Waals surface area contributed by atoms with Crippen LogP contribution < -0.4 is 4.90 Å². The Bertz CT molecular complexity index is 1070.